The summed E-state index contributed by atoms with van der Waals surface area (Å²) < 4.78 is 0. The lowest BCUT2D eigenvalue weighted by molar-refractivity contribution is -0.131. The van der Waals surface area contributed by atoms with Gasteiger partial charge < -0.3 is 15.1 Å². The first-order chi connectivity index (χ1) is 13.6. The van der Waals surface area contributed by atoms with Crippen molar-refractivity contribution >= 4 is 39.6 Å². The van der Waals surface area contributed by atoms with Crippen molar-refractivity contribution in [3.8, 4) is 0 Å². The molecule has 0 saturated carbocycles. The third kappa shape index (κ3) is 4.22. The van der Waals surface area contributed by atoms with E-state index in [0.717, 1.165) is 56.3 Å². The number of aromatic nitrogens is 1. The van der Waals surface area contributed by atoms with Crippen molar-refractivity contribution in [1.29, 1.82) is 0 Å². The van der Waals surface area contributed by atoms with Crippen LogP contribution in [0.15, 0.2) is 17.5 Å². The van der Waals surface area contributed by atoms with E-state index in [9.17, 15) is 9.59 Å². The molecule has 150 valence electrons. The van der Waals surface area contributed by atoms with Crippen LogP contribution in [0.4, 0.5) is 5.13 Å². The maximum atomic E-state index is 12.6. The van der Waals surface area contributed by atoms with Crippen molar-refractivity contribution < 1.29 is 9.59 Å². The van der Waals surface area contributed by atoms with E-state index in [0.29, 0.717) is 13.0 Å². The zero-order chi connectivity index (χ0) is 19.5. The molecule has 0 unspecified atom stereocenters. The Morgan fingerprint density at radius 2 is 2.11 bits per heavy atom. The molecule has 1 atom stereocenters. The van der Waals surface area contributed by atoms with Crippen molar-refractivity contribution in [2.45, 2.75) is 39.2 Å². The number of amides is 2. The Kier molecular flexibility index (Phi) is 5.96. The summed E-state index contributed by atoms with van der Waals surface area (Å²) in [6.07, 6.45) is 3.10. The molecule has 4 rings (SSSR count). The van der Waals surface area contributed by atoms with Crippen molar-refractivity contribution in [3.05, 3.63) is 33.0 Å². The molecule has 6 nitrogen and oxygen atoms in total. The quantitative estimate of drug-likeness (QED) is 0.811. The average molecular weight is 419 g/mol. The molecule has 1 saturated heterocycles. The molecule has 2 aromatic rings. The molecule has 2 aliphatic rings. The number of anilines is 1. The summed E-state index contributed by atoms with van der Waals surface area (Å²) in [5.74, 6) is 0.426. The van der Waals surface area contributed by atoms with Gasteiger partial charge in [-0.2, -0.15) is 0 Å². The highest BCUT2D eigenvalue weighted by molar-refractivity contribution is 7.15. The standard InChI is InChI=1S/C20H26N4O2S2/c1-2-18(25)23-7-9-24(10-8-23)20-22-16-6-5-14(12-17(16)28-20)19(26)21-13-15-4-3-11-27-15/h3-4,11,14H,2,5-10,12-13H2,1H3,(H,21,26)/t14-/m0/s1. The number of nitrogens with zero attached hydrogens (tertiary/aromatic N) is 3. The van der Waals surface area contributed by atoms with Crippen molar-refractivity contribution in [1.82, 2.24) is 15.2 Å². The minimum Gasteiger partial charge on any atom is -0.351 e. The normalized spacial score (nSPS) is 19.4. The van der Waals surface area contributed by atoms with Crippen LogP contribution in [0.5, 0.6) is 0 Å². The molecule has 3 heterocycles. The predicted octanol–water partition coefficient (Wildman–Crippen LogP) is 2.68. The Morgan fingerprint density at radius 3 is 2.82 bits per heavy atom. The Balaban J connectivity index is 1.33. The highest BCUT2D eigenvalue weighted by Crippen LogP contribution is 2.34. The molecule has 0 radical (unpaired) electrons. The van der Waals surface area contributed by atoms with Crippen LogP contribution in [0.1, 0.15) is 35.2 Å². The van der Waals surface area contributed by atoms with Gasteiger partial charge in [-0.05, 0) is 30.7 Å². The van der Waals surface area contributed by atoms with Crippen LogP contribution in [0.25, 0.3) is 0 Å². The molecular formula is C20H26N4O2S2. The number of fused-ring (bicyclic) bond motifs is 1. The molecule has 0 spiro atoms. The Morgan fingerprint density at radius 1 is 1.29 bits per heavy atom. The number of nitrogens with one attached hydrogen (secondary N) is 1. The summed E-state index contributed by atoms with van der Waals surface area (Å²) >= 11 is 3.40. The maximum absolute atomic E-state index is 12.6. The van der Waals surface area contributed by atoms with E-state index < -0.39 is 0 Å². The topological polar surface area (TPSA) is 65.5 Å². The maximum Gasteiger partial charge on any atom is 0.223 e. The molecule has 0 bridgehead atoms. The zero-order valence-corrected chi connectivity index (χ0v) is 17.8. The molecule has 1 aliphatic heterocycles. The van der Waals surface area contributed by atoms with Crippen molar-refractivity contribution in [2.24, 2.45) is 5.92 Å². The third-order valence-corrected chi connectivity index (χ3v) is 7.58. The second-order valence-corrected chi connectivity index (χ2v) is 9.42. The fourth-order valence-electron chi connectivity index (χ4n) is 3.82. The van der Waals surface area contributed by atoms with Crippen LogP contribution < -0.4 is 10.2 Å². The average Bonchev–Trinajstić information content (AvgIpc) is 3.40. The lowest BCUT2D eigenvalue weighted by Crippen LogP contribution is -2.48. The van der Waals surface area contributed by atoms with E-state index in [2.05, 4.69) is 10.2 Å². The van der Waals surface area contributed by atoms with Gasteiger partial charge in [0.1, 0.15) is 0 Å². The fourth-order valence-corrected chi connectivity index (χ4v) is 5.71. The van der Waals surface area contributed by atoms with E-state index >= 15 is 0 Å². The van der Waals surface area contributed by atoms with Gasteiger partial charge in [0.2, 0.25) is 11.8 Å². The Bertz CT molecular complexity index is 825. The molecule has 2 aromatic heterocycles. The van der Waals surface area contributed by atoms with E-state index in [-0.39, 0.29) is 17.7 Å². The number of hydrogen-bond acceptors (Lipinski definition) is 6. The molecule has 8 heteroatoms. The van der Waals surface area contributed by atoms with Gasteiger partial charge in [0.15, 0.2) is 5.13 Å². The summed E-state index contributed by atoms with van der Waals surface area (Å²) in [6, 6.07) is 4.06. The van der Waals surface area contributed by atoms with E-state index in [1.807, 2.05) is 29.3 Å². The van der Waals surface area contributed by atoms with Crippen LogP contribution in [0, 0.1) is 5.92 Å². The van der Waals surface area contributed by atoms with Gasteiger partial charge >= 0.3 is 0 Å². The van der Waals surface area contributed by atoms with E-state index in [1.165, 1.54) is 9.75 Å². The molecule has 1 aliphatic carbocycles. The van der Waals surface area contributed by atoms with E-state index in [4.69, 9.17) is 4.98 Å². The lowest BCUT2D eigenvalue weighted by atomic mass is 9.90. The molecule has 0 aromatic carbocycles. The Labute approximate surface area is 173 Å². The lowest BCUT2D eigenvalue weighted by Gasteiger charge is -2.34. The summed E-state index contributed by atoms with van der Waals surface area (Å²) in [5.41, 5.74) is 1.16. The van der Waals surface area contributed by atoms with Crippen LogP contribution in [-0.4, -0.2) is 47.9 Å². The predicted molar refractivity (Wildman–Crippen MR) is 113 cm³/mol. The van der Waals surface area contributed by atoms with Gasteiger partial charge in [-0.15, -0.1) is 22.7 Å². The second-order valence-electron chi connectivity index (χ2n) is 7.32. The monoisotopic (exact) mass is 418 g/mol. The van der Waals surface area contributed by atoms with Gasteiger partial charge in [0.25, 0.3) is 0 Å². The highest BCUT2D eigenvalue weighted by atomic mass is 32.1. The van der Waals surface area contributed by atoms with Gasteiger partial charge in [-0.25, -0.2) is 4.98 Å². The molecule has 1 N–H and O–H groups in total. The number of thiophene rings is 1. The van der Waals surface area contributed by atoms with E-state index in [1.54, 1.807) is 22.7 Å². The van der Waals surface area contributed by atoms with Gasteiger partial charge in [0, 0.05) is 48.3 Å². The number of carbonyl (C=O) groups is 2. The first-order valence-electron chi connectivity index (χ1n) is 9.95. The van der Waals surface area contributed by atoms with Crippen LogP contribution >= 0.6 is 22.7 Å². The smallest absolute Gasteiger partial charge is 0.223 e. The second kappa shape index (κ2) is 8.61. The fraction of sp³-hybridized carbons (Fsp3) is 0.550. The number of thiazole rings is 1. The van der Waals surface area contributed by atoms with Crippen molar-refractivity contribution in [3.63, 3.8) is 0 Å². The highest BCUT2D eigenvalue weighted by Gasteiger charge is 2.29. The summed E-state index contributed by atoms with van der Waals surface area (Å²) in [6.45, 7) is 5.74. The SMILES string of the molecule is CCC(=O)N1CCN(c2nc3c(s2)C[C@@H](C(=O)NCc2cccs2)CC3)CC1. The first kappa shape index (κ1) is 19.4. The number of piperazine rings is 1. The molecule has 28 heavy (non-hydrogen) atoms. The molecule has 2 amide bonds. The van der Waals surface area contributed by atoms with Crippen LogP contribution in [-0.2, 0) is 29.0 Å². The molecular weight excluding hydrogens is 392 g/mol. The minimum atomic E-state index is 0.0415. The van der Waals surface area contributed by atoms with Gasteiger partial charge in [0.05, 0.1) is 12.2 Å². The Hall–Kier alpha value is -1.93. The van der Waals surface area contributed by atoms with Gasteiger partial charge in [-0.3, -0.25) is 9.59 Å². The van der Waals surface area contributed by atoms with Crippen LogP contribution in [0.3, 0.4) is 0 Å². The minimum absolute atomic E-state index is 0.0415. The number of rotatable bonds is 5. The number of hydrogen-bond donors (Lipinski definition) is 1. The van der Waals surface area contributed by atoms with Crippen LogP contribution in [0.2, 0.25) is 0 Å². The molecule has 1 fully saturated rings. The van der Waals surface area contributed by atoms with Gasteiger partial charge in [-0.1, -0.05) is 13.0 Å². The first-order valence-corrected chi connectivity index (χ1v) is 11.6. The summed E-state index contributed by atoms with van der Waals surface area (Å²) in [4.78, 5) is 35.9. The summed E-state index contributed by atoms with van der Waals surface area (Å²) in [7, 11) is 0. The number of carbonyl (C=O) groups excluding carboxylic acids is 2. The van der Waals surface area contributed by atoms with Crippen molar-refractivity contribution in [2.75, 3.05) is 31.1 Å². The largest absolute Gasteiger partial charge is 0.351 e. The number of aryl methyl sites for hydroxylation is 1. The zero-order valence-electron chi connectivity index (χ0n) is 16.1. The third-order valence-electron chi connectivity index (χ3n) is 5.52. The summed E-state index contributed by atoms with van der Waals surface area (Å²) in [5, 5.41) is 6.17.